The molecule has 0 atom stereocenters. The van der Waals surface area contributed by atoms with Crippen molar-refractivity contribution in [3.63, 3.8) is 0 Å². The Hall–Kier alpha value is -0.770. The minimum absolute atomic E-state index is 0.0340. The predicted octanol–water partition coefficient (Wildman–Crippen LogP) is 5.88. The Morgan fingerprint density at radius 3 is 1.42 bits per heavy atom. The van der Waals surface area contributed by atoms with Crippen molar-refractivity contribution in [3.8, 4) is 0 Å². The molecule has 0 aromatic heterocycles. The van der Waals surface area contributed by atoms with Crippen LogP contribution in [0.4, 0.5) is 4.79 Å². The molecule has 26 heavy (non-hydrogen) atoms. The molecule has 4 heteroatoms. The molecule has 2 amide bonds. The maximum absolute atomic E-state index is 11.6. The van der Waals surface area contributed by atoms with Crippen LogP contribution in [0.2, 0.25) is 0 Å². The quantitative estimate of drug-likeness (QED) is 0.279. The fourth-order valence-electron chi connectivity index (χ4n) is 3.44. The minimum atomic E-state index is -0.0833. The predicted molar refractivity (Wildman–Crippen MR) is 113 cm³/mol. The number of nitrogens with zero attached hydrogens (tertiary/aromatic N) is 1. The number of hydrogen-bond acceptors (Lipinski definition) is 2. The Balaban J connectivity index is 3.25. The summed E-state index contributed by atoms with van der Waals surface area (Å²) in [6.07, 6.45) is 21.7. The van der Waals surface area contributed by atoms with Crippen LogP contribution in [0.25, 0.3) is 0 Å². The lowest BCUT2D eigenvalue weighted by Gasteiger charge is -2.20. The van der Waals surface area contributed by atoms with E-state index in [2.05, 4.69) is 12.2 Å². The summed E-state index contributed by atoms with van der Waals surface area (Å²) in [5.41, 5.74) is 0. The fraction of sp³-hybridized carbons (Fsp3) is 0.955. The summed E-state index contributed by atoms with van der Waals surface area (Å²) in [5, 5.41) is 11.6. The number of unbranched alkanes of at least 4 members (excludes halogenated alkanes) is 15. The van der Waals surface area contributed by atoms with E-state index in [1.165, 1.54) is 96.3 Å². The number of rotatable bonds is 19. The fourth-order valence-corrected chi connectivity index (χ4v) is 3.44. The number of urea groups is 1. The van der Waals surface area contributed by atoms with Gasteiger partial charge in [0.15, 0.2) is 0 Å². The zero-order valence-electron chi connectivity index (χ0n) is 17.7. The Labute approximate surface area is 163 Å². The van der Waals surface area contributed by atoms with Gasteiger partial charge in [0.25, 0.3) is 0 Å². The normalized spacial score (nSPS) is 10.9. The monoisotopic (exact) mass is 370 g/mol. The SMILES string of the molecule is CCCCCCCCCCCCCCCCCCN(CCO)C(=O)NC. The molecule has 0 aromatic rings. The van der Waals surface area contributed by atoms with Crippen LogP contribution in [0.5, 0.6) is 0 Å². The van der Waals surface area contributed by atoms with Crippen LogP contribution in [0, 0.1) is 0 Å². The van der Waals surface area contributed by atoms with Crippen LogP contribution >= 0.6 is 0 Å². The van der Waals surface area contributed by atoms with Gasteiger partial charge in [0.2, 0.25) is 0 Å². The molecule has 0 fully saturated rings. The molecule has 0 saturated carbocycles. The molecular formula is C22H46N2O2. The summed E-state index contributed by atoms with van der Waals surface area (Å²) in [5.74, 6) is 0. The van der Waals surface area contributed by atoms with Crippen molar-refractivity contribution in [1.29, 1.82) is 0 Å². The highest BCUT2D eigenvalue weighted by Crippen LogP contribution is 2.13. The second kappa shape index (κ2) is 20.5. The van der Waals surface area contributed by atoms with Gasteiger partial charge in [-0.25, -0.2) is 4.79 Å². The summed E-state index contributed by atoms with van der Waals surface area (Å²) in [6.45, 7) is 3.49. The molecule has 0 radical (unpaired) electrons. The van der Waals surface area contributed by atoms with Crippen LogP contribution in [-0.2, 0) is 0 Å². The summed E-state index contributed by atoms with van der Waals surface area (Å²) < 4.78 is 0. The largest absolute Gasteiger partial charge is 0.395 e. The van der Waals surface area contributed by atoms with Gasteiger partial charge in [0, 0.05) is 20.1 Å². The molecule has 0 aliphatic carbocycles. The number of hydrogen-bond donors (Lipinski definition) is 2. The van der Waals surface area contributed by atoms with E-state index in [4.69, 9.17) is 5.11 Å². The Morgan fingerprint density at radius 2 is 1.08 bits per heavy atom. The number of carbonyl (C=O) groups excluding carboxylic acids is 1. The molecule has 0 bridgehead atoms. The lowest BCUT2D eigenvalue weighted by molar-refractivity contribution is 0.177. The highest BCUT2D eigenvalue weighted by Gasteiger charge is 2.09. The van der Waals surface area contributed by atoms with Crippen LogP contribution in [0.15, 0.2) is 0 Å². The summed E-state index contributed by atoms with van der Waals surface area (Å²) >= 11 is 0. The van der Waals surface area contributed by atoms with Crippen molar-refractivity contribution in [3.05, 3.63) is 0 Å². The van der Waals surface area contributed by atoms with Crippen molar-refractivity contribution in [2.75, 3.05) is 26.7 Å². The van der Waals surface area contributed by atoms with Crippen molar-refractivity contribution < 1.29 is 9.90 Å². The second-order valence-corrected chi connectivity index (χ2v) is 7.57. The Morgan fingerprint density at radius 1 is 0.692 bits per heavy atom. The van der Waals surface area contributed by atoms with E-state index >= 15 is 0 Å². The second-order valence-electron chi connectivity index (χ2n) is 7.57. The minimum Gasteiger partial charge on any atom is -0.395 e. The van der Waals surface area contributed by atoms with E-state index in [9.17, 15) is 4.79 Å². The van der Waals surface area contributed by atoms with E-state index in [1.807, 2.05) is 0 Å². The van der Waals surface area contributed by atoms with Gasteiger partial charge < -0.3 is 15.3 Å². The highest BCUT2D eigenvalue weighted by molar-refractivity contribution is 5.73. The third-order valence-electron chi connectivity index (χ3n) is 5.15. The summed E-state index contributed by atoms with van der Waals surface area (Å²) in [6, 6.07) is -0.0833. The smallest absolute Gasteiger partial charge is 0.317 e. The molecule has 0 spiro atoms. The first-order chi connectivity index (χ1) is 12.8. The maximum atomic E-state index is 11.6. The molecule has 156 valence electrons. The first-order valence-corrected chi connectivity index (χ1v) is 11.3. The molecule has 0 aromatic carbocycles. The van der Waals surface area contributed by atoms with Gasteiger partial charge in [-0.15, -0.1) is 0 Å². The topological polar surface area (TPSA) is 52.6 Å². The molecule has 0 saturated heterocycles. The number of carbonyl (C=O) groups is 1. The van der Waals surface area contributed by atoms with Crippen LogP contribution in [-0.4, -0.2) is 42.8 Å². The Bertz CT molecular complexity index is 298. The van der Waals surface area contributed by atoms with Gasteiger partial charge in [0.1, 0.15) is 0 Å². The summed E-state index contributed by atoms with van der Waals surface area (Å²) in [4.78, 5) is 13.3. The van der Waals surface area contributed by atoms with Gasteiger partial charge >= 0.3 is 6.03 Å². The van der Waals surface area contributed by atoms with E-state index < -0.39 is 0 Å². The number of aliphatic hydroxyl groups excluding tert-OH is 1. The standard InChI is InChI=1S/C22H46N2O2/c1-3-4-5-6-7-8-9-10-11-12-13-14-15-16-17-18-19-24(20-21-25)22(26)23-2/h25H,3-21H2,1-2H3,(H,23,26). The molecule has 0 aliphatic rings. The van der Waals surface area contributed by atoms with Crippen LogP contribution in [0.1, 0.15) is 110 Å². The van der Waals surface area contributed by atoms with Crippen molar-refractivity contribution in [1.82, 2.24) is 10.2 Å². The third-order valence-corrected chi connectivity index (χ3v) is 5.15. The summed E-state index contributed by atoms with van der Waals surface area (Å²) in [7, 11) is 1.64. The van der Waals surface area contributed by atoms with Gasteiger partial charge in [0.05, 0.1) is 6.61 Å². The molecule has 2 N–H and O–H groups in total. The molecular weight excluding hydrogens is 324 g/mol. The Kier molecular flexibility index (Phi) is 19.9. The molecule has 0 unspecified atom stereocenters. The highest BCUT2D eigenvalue weighted by atomic mass is 16.3. The van der Waals surface area contributed by atoms with Crippen molar-refractivity contribution in [2.45, 2.75) is 110 Å². The van der Waals surface area contributed by atoms with Crippen molar-refractivity contribution in [2.24, 2.45) is 0 Å². The first-order valence-electron chi connectivity index (χ1n) is 11.3. The molecule has 0 aliphatic heterocycles. The van der Waals surface area contributed by atoms with Gasteiger partial charge in [-0.05, 0) is 6.42 Å². The third kappa shape index (κ3) is 16.7. The zero-order chi connectivity index (χ0) is 19.3. The first kappa shape index (κ1) is 25.2. The van der Waals surface area contributed by atoms with E-state index in [0.717, 1.165) is 13.0 Å². The van der Waals surface area contributed by atoms with Crippen LogP contribution < -0.4 is 5.32 Å². The number of aliphatic hydroxyl groups is 1. The van der Waals surface area contributed by atoms with Gasteiger partial charge in [-0.1, -0.05) is 103 Å². The van der Waals surface area contributed by atoms with Crippen molar-refractivity contribution >= 4 is 6.03 Å². The average molecular weight is 371 g/mol. The molecule has 0 rings (SSSR count). The average Bonchev–Trinajstić information content (AvgIpc) is 2.66. The van der Waals surface area contributed by atoms with E-state index in [0.29, 0.717) is 6.54 Å². The lowest BCUT2D eigenvalue weighted by atomic mass is 10.0. The number of nitrogens with one attached hydrogen (secondary N) is 1. The maximum Gasteiger partial charge on any atom is 0.317 e. The van der Waals surface area contributed by atoms with Gasteiger partial charge in [-0.2, -0.15) is 0 Å². The lowest BCUT2D eigenvalue weighted by Crippen LogP contribution is -2.40. The van der Waals surface area contributed by atoms with Crippen LogP contribution in [0.3, 0.4) is 0 Å². The van der Waals surface area contributed by atoms with E-state index in [-0.39, 0.29) is 12.6 Å². The van der Waals surface area contributed by atoms with Gasteiger partial charge in [-0.3, -0.25) is 0 Å². The number of amides is 2. The molecule has 4 nitrogen and oxygen atoms in total. The molecule has 0 heterocycles. The van der Waals surface area contributed by atoms with E-state index in [1.54, 1.807) is 11.9 Å². The zero-order valence-corrected chi connectivity index (χ0v) is 17.7.